The molecular formula is C21H27F2N3O2. The molecule has 1 saturated carbocycles. The minimum absolute atomic E-state index is 0.222. The van der Waals surface area contributed by atoms with Crippen LogP contribution in [-0.2, 0) is 11.3 Å². The topological polar surface area (TPSA) is 74.2 Å². The largest absolute Gasteiger partial charge is 0.483 e. The number of pyridine rings is 1. The number of nitrogens with zero attached hydrogens (tertiary/aromatic N) is 1. The van der Waals surface area contributed by atoms with Gasteiger partial charge in [0.25, 0.3) is 6.47 Å². The highest BCUT2D eigenvalue weighted by Crippen LogP contribution is 2.27. The van der Waals surface area contributed by atoms with Crippen molar-refractivity contribution in [1.29, 1.82) is 0 Å². The number of hydrogen-bond acceptors (Lipinski definition) is 4. The second kappa shape index (κ2) is 10.7. The van der Waals surface area contributed by atoms with Crippen LogP contribution in [0, 0.1) is 17.6 Å². The van der Waals surface area contributed by atoms with Crippen LogP contribution in [0.5, 0.6) is 0 Å². The standard InChI is InChI=1S/C20H25F2N3.CH2O2/c1-13(2)17-9-20(25-19-7-6-16(21)8-18(19)22)24-12-15(17)11-23-10-14-4-3-5-14;2-1-3/h6-9,12-14,23H,3-5,10-11H2,1-2H3,(H,24,25);1H,(H,2,3). The van der Waals surface area contributed by atoms with Crippen LogP contribution in [-0.4, -0.2) is 23.1 Å². The highest BCUT2D eigenvalue weighted by molar-refractivity contribution is 5.58. The Balaban J connectivity index is 0.000000878. The number of aromatic nitrogens is 1. The summed E-state index contributed by atoms with van der Waals surface area (Å²) in [4.78, 5) is 12.8. The first kappa shape index (κ1) is 21.8. The average molecular weight is 391 g/mol. The molecule has 28 heavy (non-hydrogen) atoms. The van der Waals surface area contributed by atoms with E-state index in [4.69, 9.17) is 9.90 Å². The second-order valence-electron chi connectivity index (χ2n) is 7.21. The zero-order valence-electron chi connectivity index (χ0n) is 16.2. The maximum absolute atomic E-state index is 13.8. The summed E-state index contributed by atoms with van der Waals surface area (Å²) in [7, 11) is 0. The van der Waals surface area contributed by atoms with E-state index in [1.165, 1.54) is 42.5 Å². The molecule has 0 bridgehead atoms. The van der Waals surface area contributed by atoms with Crippen molar-refractivity contribution in [3.05, 3.63) is 53.2 Å². The van der Waals surface area contributed by atoms with Crippen molar-refractivity contribution >= 4 is 18.0 Å². The first-order valence-corrected chi connectivity index (χ1v) is 9.44. The van der Waals surface area contributed by atoms with Gasteiger partial charge in [-0.25, -0.2) is 13.8 Å². The van der Waals surface area contributed by atoms with Gasteiger partial charge < -0.3 is 15.7 Å². The summed E-state index contributed by atoms with van der Waals surface area (Å²) in [6.45, 7) is 5.86. The lowest BCUT2D eigenvalue weighted by molar-refractivity contribution is -0.122. The molecule has 5 nitrogen and oxygen atoms in total. The molecule has 1 aliphatic carbocycles. The number of nitrogens with one attached hydrogen (secondary N) is 2. The molecule has 2 aromatic rings. The van der Waals surface area contributed by atoms with E-state index in [9.17, 15) is 8.78 Å². The summed E-state index contributed by atoms with van der Waals surface area (Å²) in [6, 6.07) is 5.43. The van der Waals surface area contributed by atoms with Crippen molar-refractivity contribution < 1.29 is 18.7 Å². The molecule has 0 amide bonds. The van der Waals surface area contributed by atoms with Gasteiger partial charge in [-0.3, -0.25) is 4.79 Å². The smallest absolute Gasteiger partial charge is 0.290 e. The third-order valence-electron chi connectivity index (χ3n) is 4.81. The number of carboxylic acid groups (broad SMARTS) is 1. The van der Waals surface area contributed by atoms with E-state index in [2.05, 4.69) is 29.5 Å². The van der Waals surface area contributed by atoms with Gasteiger partial charge in [-0.05, 0) is 60.5 Å². The number of carbonyl (C=O) groups is 1. The zero-order chi connectivity index (χ0) is 20.5. The second-order valence-corrected chi connectivity index (χ2v) is 7.21. The normalized spacial score (nSPS) is 13.5. The highest BCUT2D eigenvalue weighted by atomic mass is 19.1. The molecule has 3 rings (SSSR count). The van der Waals surface area contributed by atoms with E-state index >= 15 is 0 Å². The van der Waals surface area contributed by atoms with Crippen LogP contribution in [0.1, 0.15) is 50.2 Å². The summed E-state index contributed by atoms with van der Waals surface area (Å²) in [5, 5.41) is 13.4. The Kier molecular flexibility index (Phi) is 8.32. The SMILES string of the molecule is CC(C)c1cc(Nc2ccc(F)cc2F)ncc1CNCC1CCC1.O=CO. The van der Waals surface area contributed by atoms with Crippen LogP contribution >= 0.6 is 0 Å². The van der Waals surface area contributed by atoms with E-state index < -0.39 is 11.6 Å². The van der Waals surface area contributed by atoms with E-state index in [1.54, 1.807) is 0 Å². The maximum atomic E-state index is 13.8. The van der Waals surface area contributed by atoms with Crippen molar-refractivity contribution in [3.8, 4) is 0 Å². The molecule has 1 aromatic heterocycles. The Bertz CT molecular complexity index is 780. The van der Waals surface area contributed by atoms with E-state index in [-0.39, 0.29) is 12.2 Å². The minimum atomic E-state index is -0.626. The molecular weight excluding hydrogens is 364 g/mol. The molecule has 1 heterocycles. The van der Waals surface area contributed by atoms with Crippen LogP contribution < -0.4 is 10.6 Å². The molecule has 7 heteroatoms. The lowest BCUT2D eigenvalue weighted by atomic mass is 9.85. The molecule has 1 aliphatic rings. The molecule has 1 aromatic carbocycles. The van der Waals surface area contributed by atoms with Crippen LogP contribution in [0.2, 0.25) is 0 Å². The summed E-state index contributed by atoms with van der Waals surface area (Å²) in [6.07, 6.45) is 5.85. The van der Waals surface area contributed by atoms with Gasteiger partial charge in [0.15, 0.2) is 0 Å². The highest BCUT2D eigenvalue weighted by Gasteiger charge is 2.17. The Morgan fingerprint density at radius 3 is 2.57 bits per heavy atom. The van der Waals surface area contributed by atoms with E-state index in [0.29, 0.717) is 11.7 Å². The van der Waals surface area contributed by atoms with E-state index in [1.807, 2.05) is 12.3 Å². The Morgan fingerprint density at radius 2 is 2.00 bits per heavy atom. The maximum Gasteiger partial charge on any atom is 0.290 e. The molecule has 3 N–H and O–H groups in total. The number of anilines is 2. The van der Waals surface area contributed by atoms with Crippen molar-refractivity contribution in [2.75, 3.05) is 11.9 Å². The lowest BCUT2D eigenvalue weighted by Gasteiger charge is -2.25. The quantitative estimate of drug-likeness (QED) is 0.590. The fourth-order valence-corrected chi connectivity index (χ4v) is 3.09. The third-order valence-corrected chi connectivity index (χ3v) is 4.81. The van der Waals surface area contributed by atoms with Crippen molar-refractivity contribution in [3.63, 3.8) is 0 Å². The van der Waals surface area contributed by atoms with Gasteiger partial charge in [-0.15, -0.1) is 0 Å². The summed E-state index contributed by atoms with van der Waals surface area (Å²) >= 11 is 0. The molecule has 152 valence electrons. The first-order chi connectivity index (χ1) is 13.4. The summed E-state index contributed by atoms with van der Waals surface area (Å²) in [5.41, 5.74) is 2.57. The van der Waals surface area contributed by atoms with Gasteiger partial charge >= 0.3 is 0 Å². The number of hydrogen-bond donors (Lipinski definition) is 3. The number of halogens is 2. The van der Waals surface area contributed by atoms with Crippen LogP contribution in [0.3, 0.4) is 0 Å². The third kappa shape index (κ3) is 6.27. The van der Waals surface area contributed by atoms with Gasteiger partial charge in [0.1, 0.15) is 17.5 Å². The van der Waals surface area contributed by atoms with E-state index in [0.717, 1.165) is 25.1 Å². The van der Waals surface area contributed by atoms with Crippen molar-refractivity contribution in [1.82, 2.24) is 10.3 Å². The molecule has 0 aliphatic heterocycles. The monoisotopic (exact) mass is 391 g/mol. The molecule has 0 unspecified atom stereocenters. The lowest BCUT2D eigenvalue weighted by Crippen LogP contribution is -2.27. The Hall–Kier alpha value is -2.54. The summed E-state index contributed by atoms with van der Waals surface area (Å²) in [5.74, 6) is 0.503. The fraction of sp³-hybridized carbons (Fsp3) is 0.429. The Morgan fingerprint density at radius 1 is 1.29 bits per heavy atom. The predicted molar refractivity (Wildman–Crippen MR) is 106 cm³/mol. The van der Waals surface area contributed by atoms with Crippen molar-refractivity contribution in [2.24, 2.45) is 5.92 Å². The van der Waals surface area contributed by atoms with Crippen molar-refractivity contribution in [2.45, 2.75) is 45.6 Å². The first-order valence-electron chi connectivity index (χ1n) is 9.44. The van der Waals surface area contributed by atoms with Crippen LogP contribution in [0.15, 0.2) is 30.5 Å². The fourth-order valence-electron chi connectivity index (χ4n) is 3.09. The van der Waals surface area contributed by atoms with Gasteiger partial charge in [0.05, 0.1) is 5.69 Å². The molecule has 0 radical (unpaired) electrons. The number of rotatable bonds is 7. The Labute approximate surface area is 164 Å². The predicted octanol–water partition coefficient (Wildman–Crippen LogP) is 4.82. The van der Waals surface area contributed by atoms with Crippen LogP contribution in [0.25, 0.3) is 0 Å². The number of benzene rings is 1. The molecule has 0 atom stereocenters. The molecule has 0 spiro atoms. The minimum Gasteiger partial charge on any atom is -0.483 e. The molecule has 1 fully saturated rings. The van der Waals surface area contributed by atoms with Gasteiger partial charge in [0.2, 0.25) is 0 Å². The van der Waals surface area contributed by atoms with Gasteiger partial charge in [-0.2, -0.15) is 0 Å². The zero-order valence-corrected chi connectivity index (χ0v) is 16.2. The molecule has 0 saturated heterocycles. The van der Waals surface area contributed by atoms with Crippen LogP contribution in [0.4, 0.5) is 20.3 Å². The van der Waals surface area contributed by atoms with Gasteiger partial charge in [0, 0.05) is 18.8 Å². The van der Waals surface area contributed by atoms with Gasteiger partial charge in [-0.1, -0.05) is 20.3 Å². The average Bonchev–Trinajstić information content (AvgIpc) is 2.61. The summed E-state index contributed by atoms with van der Waals surface area (Å²) < 4.78 is 26.8.